The van der Waals surface area contributed by atoms with Crippen LogP contribution in [0.2, 0.25) is 5.02 Å². The molecule has 1 heterocycles. The Kier molecular flexibility index (Phi) is 5.44. The van der Waals surface area contributed by atoms with Gasteiger partial charge in [0.1, 0.15) is 0 Å². The van der Waals surface area contributed by atoms with Gasteiger partial charge in [0.15, 0.2) is 0 Å². The Morgan fingerprint density at radius 3 is 2.60 bits per heavy atom. The van der Waals surface area contributed by atoms with Crippen LogP contribution in [-0.4, -0.2) is 42.4 Å². The predicted molar refractivity (Wildman–Crippen MR) is 82.8 cm³/mol. The fourth-order valence-corrected chi connectivity index (χ4v) is 2.91. The Labute approximate surface area is 126 Å². The van der Waals surface area contributed by atoms with Crippen LogP contribution in [0.15, 0.2) is 24.3 Å². The van der Waals surface area contributed by atoms with E-state index in [9.17, 15) is 4.79 Å². The quantitative estimate of drug-likeness (QED) is 0.852. The Balaban J connectivity index is 1.80. The van der Waals surface area contributed by atoms with Crippen LogP contribution in [-0.2, 0) is 11.3 Å². The van der Waals surface area contributed by atoms with Gasteiger partial charge < -0.3 is 4.90 Å². The monoisotopic (exact) mass is 294 g/mol. The van der Waals surface area contributed by atoms with Gasteiger partial charge in [0.2, 0.25) is 5.91 Å². The summed E-state index contributed by atoms with van der Waals surface area (Å²) in [5.74, 6) is 0.787. The van der Waals surface area contributed by atoms with E-state index in [0.717, 1.165) is 44.0 Å². The van der Waals surface area contributed by atoms with Gasteiger partial charge in [-0.1, -0.05) is 29.8 Å². The lowest BCUT2D eigenvalue weighted by Gasteiger charge is -2.33. The molecule has 0 aliphatic carbocycles. The molecule has 1 amide bonds. The van der Waals surface area contributed by atoms with Crippen LogP contribution in [0.4, 0.5) is 0 Å². The Morgan fingerprint density at radius 2 is 2.00 bits per heavy atom. The molecule has 0 bridgehead atoms. The molecular formula is C16H23ClN2O. The summed E-state index contributed by atoms with van der Waals surface area (Å²) in [6.45, 7) is 5.61. The number of carbonyl (C=O) groups is 1. The molecule has 1 aliphatic heterocycles. The van der Waals surface area contributed by atoms with Gasteiger partial charge in [0.05, 0.1) is 0 Å². The summed E-state index contributed by atoms with van der Waals surface area (Å²) in [4.78, 5) is 15.5. The molecule has 20 heavy (non-hydrogen) atoms. The van der Waals surface area contributed by atoms with Crippen molar-refractivity contribution in [1.82, 2.24) is 9.80 Å². The van der Waals surface area contributed by atoms with Crippen molar-refractivity contribution in [3.8, 4) is 0 Å². The second kappa shape index (κ2) is 7.09. The first-order chi connectivity index (χ1) is 9.56. The summed E-state index contributed by atoms with van der Waals surface area (Å²) in [6, 6.07) is 8.05. The van der Waals surface area contributed by atoms with Crippen molar-refractivity contribution < 1.29 is 4.79 Å². The van der Waals surface area contributed by atoms with Crippen LogP contribution in [0.1, 0.15) is 25.3 Å². The molecule has 1 aromatic carbocycles. The molecule has 1 aliphatic rings. The zero-order valence-electron chi connectivity index (χ0n) is 12.3. The van der Waals surface area contributed by atoms with Gasteiger partial charge in [-0.15, -0.1) is 0 Å². The molecular weight excluding hydrogens is 272 g/mol. The van der Waals surface area contributed by atoms with E-state index in [1.165, 1.54) is 5.56 Å². The second-order valence-corrected chi connectivity index (χ2v) is 6.12. The van der Waals surface area contributed by atoms with Crippen molar-refractivity contribution in [2.75, 3.05) is 26.7 Å². The molecule has 1 aromatic rings. The van der Waals surface area contributed by atoms with Crippen molar-refractivity contribution >= 4 is 17.5 Å². The van der Waals surface area contributed by atoms with Crippen molar-refractivity contribution in [3.05, 3.63) is 34.9 Å². The maximum atomic E-state index is 11.3. The first kappa shape index (κ1) is 15.3. The van der Waals surface area contributed by atoms with Crippen LogP contribution < -0.4 is 0 Å². The number of piperidine rings is 1. The highest BCUT2D eigenvalue weighted by Crippen LogP contribution is 2.22. The van der Waals surface area contributed by atoms with Crippen LogP contribution in [0.3, 0.4) is 0 Å². The summed E-state index contributed by atoms with van der Waals surface area (Å²) in [6.07, 6.45) is 2.31. The Bertz CT molecular complexity index is 456. The number of halogens is 1. The highest BCUT2D eigenvalue weighted by Gasteiger charge is 2.21. The van der Waals surface area contributed by atoms with Crippen molar-refractivity contribution in [2.24, 2.45) is 5.92 Å². The van der Waals surface area contributed by atoms with Gasteiger partial charge in [0.25, 0.3) is 0 Å². The first-order valence-corrected chi connectivity index (χ1v) is 7.61. The van der Waals surface area contributed by atoms with E-state index in [0.29, 0.717) is 5.92 Å². The van der Waals surface area contributed by atoms with E-state index >= 15 is 0 Å². The summed E-state index contributed by atoms with van der Waals surface area (Å²) < 4.78 is 0. The van der Waals surface area contributed by atoms with Crippen molar-refractivity contribution in [2.45, 2.75) is 26.3 Å². The average molecular weight is 295 g/mol. The fourth-order valence-electron chi connectivity index (χ4n) is 2.71. The van der Waals surface area contributed by atoms with Crippen molar-refractivity contribution in [1.29, 1.82) is 0 Å². The Morgan fingerprint density at radius 1 is 1.35 bits per heavy atom. The summed E-state index contributed by atoms with van der Waals surface area (Å²) in [5, 5.41) is 0.853. The largest absolute Gasteiger partial charge is 0.346 e. The lowest BCUT2D eigenvalue weighted by Crippen LogP contribution is -2.38. The molecule has 1 fully saturated rings. The average Bonchev–Trinajstić information content (AvgIpc) is 2.43. The normalized spacial score (nSPS) is 17.1. The molecule has 0 aromatic heterocycles. The van der Waals surface area contributed by atoms with E-state index in [1.807, 2.05) is 30.1 Å². The standard InChI is InChI=1S/C16H23ClN2O/c1-13(20)18(2)11-14-7-9-19(10-8-14)12-15-5-3-4-6-16(15)17/h3-6,14H,7-12H2,1-2H3. The number of hydrogen-bond donors (Lipinski definition) is 0. The van der Waals surface area contributed by atoms with Gasteiger partial charge in [-0.3, -0.25) is 9.69 Å². The zero-order chi connectivity index (χ0) is 14.5. The van der Waals surface area contributed by atoms with E-state index in [-0.39, 0.29) is 5.91 Å². The molecule has 0 radical (unpaired) electrons. The van der Waals surface area contributed by atoms with Crippen LogP contribution >= 0.6 is 11.6 Å². The van der Waals surface area contributed by atoms with Crippen LogP contribution in [0, 0.1) is 5.92 Å². The van der Waals surface area contributed by atoms with Gasteiger partial charge in [-0.2, -0.15) is 0 Å². The molecule has 3 nitrogen and oxygen atoms in total. The van der Waals surface area contributed by atoms with Crippen LogP contribution in [0.5, 0.6) is 0 Å². The minimum Gasteiger partial charge on any atom is -0.346 e. The molecule has 0 saturated carbocycles. The second-order valence-electron chi connectivity index (χ2n) is 5.71. The summed E-state index contributed by atoms with van der Waals surface area (Å²) in [5.41, 5.74) is 1.20. The molecule has 0 spiro atoms. The minimum atomic E-state index is 0.156. The lowest BCUT2D eigenvalue weighted by molar-refractivity contribution is -0.128. The summed E-state index contributed by atoms with van der Waals surface area (Å²) in [7, 11) is 1.89. The zero-order valence-corrected chi connectivity index (χ0v) is 13.1. The van der Waals surface area contributed by atoms with Crippen molar-refractivity contribution in [3.63, 3.8) is 0 Å². The molecule has 2 rings (SSSR count). The SMILES string of the molecule is CC(=O)N(C)CC1CCN(Cc2ccccc2Cl)CC1. The number of likely N-dealkylation sites (tertiary alicyclic amines) is 1. The minimum absolute atomic E-state index is 0.156. The van der Waals surface area contributed by atoms with E-state index in [4.69, 9.17) is 11.6 Å². The number of rotatable bonds is 4. The highest BCUT2D eigenvalue weighted by atomic mass is 35.5. The van der Waals surface area contributed by atoms with Crippen LogP contribution in [0.25, 0.3) is 0 Å². The first-order valence-electron chi connectivity index (χ1n) is 7.23. The molecule has 0 atom stereocenters. The van der Waals surface area contributed by atoms with Gasteiger partial charge >= 0.3 is 0 Å². The van der Waals surface area contributed by atoms with E-state index < -0.39 is 0 Å². The smallest absolute Gasteiger partial charge is 0.219 e. The van der Waals surface area contributed by atoms with Gasteiger partial charge in [-0.05, 0) is 43.5 Å². The molecule has 1 saturated heterocycles. The number of nitrogens with zero attached hydrogens (tertiary/aromatic N) is 2. The predicted octanol–water partition coefficient (Wildman–Crippen LogP) is 3.03. The third-order valence-corrected chi connectivity index (χ3v) is 4.50. The lowest BCUT2D eigenvalue weighted by atomic mass is 9.96. The Hall–Kier alpha value is -1.06. The van der Waals surface area contributed by atoms with E-state index in [1.54, 1.807) is 6.92 Å². The number of hydrogen-bond acceptors (Lipinski definition) is 2. The number of benzene rings is 1. The fraction of sp³-hybridized carbons (Fsp3) is 0.562. The third kappa shape index (κ3) is 4.22. The maximum absolute atomic E-state index is 11.3. The number of carbonyl (C=O) groups excluding carboxylic acids is 1. The number of amides is 1. The molecule has 4 heteroatoms. The topological polar surface area (TPSA) is 23.6 Å². The molecule has 110 valence electrons. The van der Waals surface area contributed by atoms with Gasteiger partial charge in [0, 0.05) is 32.1 Å². The third-order valence-electron chi connectivity index (χ3n) is 4.13. The molecule has 0 unspecified atom stereocenters. The highest BCUT2D eigenvalue weighted by molar-refractivity contribution is 6.31. The maximum Gasteiger partial charge on any atom is 0.219 e. The van der Waals surface area contributed by atoms with E-state index in [2.05, 4.69) is 11.0 Å². The molecule has 0 N–H and O–H groups in total. The summed E-state index contributed by atoms with van der Waals surface area (Å²) >= 11 is 6.21. The van der Waals surface area contributed by atoms with Gasteiger partial charge in [-0.25, -0.2) is 0 Å².